The van der Waals surface area contributed by atoms with Gasteiger partial charge >= 0.3 is 17.9 Å². The van der Waals surface area contributed by atoms with Crippen LogP contribution in [0.3, 0.4) is 0 Å². The van der Waals surface area contributed by atoms with Gasteiger partial charge in [-0.1, -0.05) is 0 Å². The van der Waals surface area contributed by atoms with Gasteiger partial charge in [0, 0.05) is 20.8 Å². The van der Waals surface area contributed by atoms with Crippen LogP contribution in [0.4, 0.5) is 0 Å². The number of rotatable bonds is 7. The Morgan fingerprint density at radius 2 is 1.78 bits per heavy atom. The topological polar surface area (TPSA) is 189 Å². The maximum atomic E-state index is 11.5. The molecule has 0 aromatic carbocycles. The fraction of sp³-hybridized carbons (Fsp3) is 0.733. The Labute approximate surface area is 154 Å². The zero-order valence-corrected chi connectivity index (χ0v) is 14.9. The smallest absolute Gasteiger partial charge is 0.364 e. The summed E-state index contributed by atoms with van der Waals surface area (Å²) in [4.78, 5) is 45.0. The van der Waals surface area contributed by atoms with E-state index >= 15 is 0 Å². The molecule has 0 aromatic heterocycles. The number of carbonyl (C=O) groups is 4. The number of carboxylic acid groups (broad SMARTS) is 1. The molecule has 0 unspecified atom stereocenters. The molecule has 0 aliphatic carbocycles. The van der Waals surface area contributed by atoms with Crippen LogP contribution in [-0.2, 0) is 33.4 Å². The Bertz CT molecular complexity index is 594. The normalized spacial score (nSPS) is 29.9. The van der Waals surface area contributed by atoms with Crippen molar-refractivity contribution in [3.8, 4) is 0 Å². The number of carbonyl (C=O) groups excluding carboxylic acids is 3. The first-order chi connectivity index (χ1) is 12.4. The summed E-state index contributed by atoms with van der Waals surface area (Å²) in [5.41, 5.74) is 0. The fourth-order valence-electron chi connectivity index (χ4n) is 2.64. The number of esters is 2. The molecule has 1 fully saturated rings. The zero-order valence-electron chi connectivity index (χ0n) is 14.9. The molecular weight excluding hydrogens is 370 g/mol. The minimum absolute atomic E-state index is 0.631. The molecule has 0 bridgehead atoms. The van der Waals surface area contributed by atoms with Crippen molar-refractivity contribution in [2.24, 2.45) is 0 Å². The van der Waals surface area contributed by atoms with E-state index in [9.17, 15) is 39.6 Å². The van der Waals surface area contributed by atoms with Crippen LogP contribution in [0.1, 0.15) is 27.2 Å². The van der Waals surface area contributed by atoms with Gasteiger partial charge in [0.25, 0.3) is 5.79 Å². The highest BCUT2D eigenvalue weighted by Crippen LogP contribution is 2.32. The van der Waals surface area contributed by atoms with Crippen LogP contribution in [0.15, 0.2) is 0 Å². The van der Waals surface area contributed by atoms with Crippen LogP contribution in [0.2, 0.25) is 0 Å². The van der Waals surface area contributed by atoms with Crippen LogP contribution in [0.5, 0.6) is 0 Å². The van der Waals surface area contributed by atoms with Gasteiger partial charge in [-0.3, -0.25) is 14.4 Å². The van der Waals surface area contributed by atoms with Crippen molar-refractivity contribution in [1.82, 2.24) is 5.32 Å². The fourth-order valence-corrected chi connectivity index (χ4v) is 2.64. The molecule has 5 N–H and O–H groups in total. The summed E-state index contributed by atoms with van der Waals surface area (Å²) in [6.45, 7) is 2.55. The van der Waals surface area contributed by atoms with Crippen LogP contribution in [0, 0.1) is 0 Å². The van der Waals surface area contributed by atoms with E-state index in [1.54, 1.807) is 0 Å². The lowest BCUT2D eigenvalue weighted by Gasteiger charge is -2.45. The van der Waals surface area contributed by atoms with Gasteiger partial charge in [-0.15, -0.1) is 0 Å². The van der Waals surface area contributed by atoms with Crippen molar-refractivity contribution < 1.29 is 53.8 Å². The van der Waals surface area contributed by atoms with Gasteiger partial charge < -0.3 is 40.0 Å². The monoisotopic (exact) mass is 393 g/mol. The van der Waals surface area contributed by atoms with E-state index in [1.165, 1.54) is 0 Å². The van der Waals surface area contributed by atoms with Crippen molar-refractivity contribution in [3.05, 3.63) is 0 Å². The third-order valence-corrected chi connectivity index (χ3v) is 3.77. The summed E-state index contributed by atoms with van der Waals surface area (Å²) < 4.78 is 14.6. The van der Waals surface area contributed by atoms with Crippen molar-refractivity contribution in [2.45, 2.75) is 63.4 Å². The molecule has 0 saturated carbocycles. The summed E-state index contributed by atoms with van der Waals surface area (Å²) >= 11 is 0. The highest BCUT2D eigenvalue weighted by Gasteiger charge is 2.55. The summed E-state index contributed by atoms with van der Waals surface area (Å²) in [7, 11) is 0. The lowest BCUT2D eigenvalue weighted by atomic mass is 9.88. The van der Waals surface area contributed by atoms with E-state index in [0.717, 1.165) is 20.8 Å². The Kier molecular flexibility index (Phi) is 7.65. The van der Waals surface area contributed by atoms with Gasteiger partial charge in [0.05, 0.1) is 12.5 Å². The first-order valence-electron chi connectivity index (χ1n) is 7.94. The third kappa shape index (κ3) is 6.13. The number of aliphatic hydroxyl groups excluding tert-OH is 2. The predicted octanol–water partition coefficient (Wildman–Crippen LogP) is -2.73. The molecule has 1 heterocycles. The predicted molar refractivity (Wildman–Crippen MR) is 83.9 cm³/mol. The van der Waals surface area contributed by atoms with Crippen LogP contribution in [0.25, 0.3) is 0 Å². The van der Waals surface area contributed by atoms with E-state index < -0.39 is 73.1 Å². The Morgan fingerprint density at radius 1 is 1.19 bits per heavy atom. The number of hydrogen-bond acceptors (Lipinski definition) is 10. The van der Waals surface area contributed by atoms with Gasteiger partial charge in [-0.25, -0.2) is 4.79 Å². The van der Waals surface area contributed by atoms with E-state index in [1.807, 2.05) is 0 Å². The number of nitrogens with one attached hydrogen (secondary N) is 1. The minimum Gasteiger partial charge on any atom is -0.477 e. The quantitative estimate of drug-likeness (QED) is 0.282. The van der Waals surface area contributed by atoms with Gasteiger partial charge in [0.2, 0.25) is 5.91 Å². The number of ether oxygens (including phenoxy) is 3. The van der Waals surface area contributed by atoms with Crippen LogP contribution < -0.4 is 5.32 Å². The molecule has 0 spiro atoms. The van der Waals surface area contributed by atoms with Gasteiger partial charge in [0.1, 0.15) is 31.0 Å². The lowest BCUT2D eigenvalue weighted by molar-refractivity contribution is -0.296. The molecule has 154 valence electrons. The molecular formula is C15H23NO11. The number of hydrogen-bond donors (Lipinski definition) is 5. The molecule has 6 atom stereocenters. The lowest BCUT2D eigenvalue weighted by Crippen LogP contribution is -2.68. The Hall–Kier alpha value is -2.28. The number of aliphatic hydroxyl groups is 3. The molecule has 27 heavy (non-hydrogen) atoms. The van der Waals surface area contributed by atoms with Gasteiger partial charge in [-0.2, -0.15) is 0 Å². The van der Waals surface area contributed by atoms with Gasteiger partial charge in [-0.05, 0) is 0 Å². The number of carboxylic acids is 1. The average Bonchev–Trinajstić information content (AvgIpc) is 2.53. The molecule has 1 rings (SSSR count). The summed E-state index contributed by atoms with van der Waals surface area (Å²) in [5, 5.41) is 42.1. The summed E-state index contributed by atoms with van der Waals surface area (Å²) in [6, 6.07) is -1.30. The molecule has 1 aliphatic rings. The number of amides is 1. The molecule has 1 saturated heterocycles. The van der Waals surface area contributed by atoms with Crippen LogP contribution >= 0.6 is 0 Å². The standard InChI is InChI=1S/C15H23NO11/c1-6(17)16-11-10(26-8(3)19)4-15(24,14(22)23)27-13(11)12(21)9(20)5-25-7(2)18/h9-13,20-21,24H,4-5H2,1-3H3,(H,16,17)(H,22,23)/t9-,10+,11-,12-,13-,15+/m1/s1. The summed E-state index contributed by atoms with van der Waals surface area (Å²) in [6.07, 6.45) is -7.49. The average molecular weight is 393 g/mol. The molecule has 0 radical (unpaired) electrons. The second kappa shape index (κ2) is 9.08. The second-order valence-corrected chi connectivity index (χ2v) is 6.11. The molecule has 1 amide bonds. The van der Waals surface area contributed by atoms with Gasteiger partial charge in [0.15, 0.2) is 0 Å². The second-order valence-electron chi connectivity index (χ2n) is 6.11. The van der Waals surface area contributed by atoms with E-state index in [4.69, 9.17) is 9.47 Å². The third-order valence-electron chi connectivity index (χ3n) is 3.77. The first-order valence-corrected chi connectivity index (χ1v) is 7.94. The minimum atomic E-state index is -2.86. The van der Waals surface area contributed by atoms with E-state index in [-0.39, 0.29) is 0 Å². The summed E-state index contributed by atoms with van der Waals surface area (Å²) in [5.74, 6) is -6.90. The van der Waals surface area contributed by atoms with Crippen molar-refractivity contribution in [1.29, 1.82) is 0 Å². The molecule has 12 nitrogen and oxygen atoms in total. The molecule has 0 aromatic rings. The highest BCUT2D eigenvalue weighted by atomic mass is 16.7. The van der Waals surface area contributed by atoms with Crippen molar-refractivity contribution in [3.63, 3.8) is 0 Å². The van der Waals surface area contributed by atoms with Crippen molar-refractivity contribution in [2.75, 3.05) is 6.61 Å². The largest absolute Gasteiger partial charge is 0.477 e. The van der Waals surface area contributed by atoms with Crippen molar-refractivity contribution >= 4 is 23.8 Å². The molecule has 1 aliphatic heterocycles. The van der Waals surface area contributed by atoms with Crippen LogP contribution in [-0.4, -0.2) is 87.1 Å². The SMILES string of the molecule is CC(=O)N[C@H]1[C@H]([C@H](O)[C@H](O)COC(C)=O)O[C@](O)(C(=O)O)C[C@@H]1OC(C)=O. The highest BCUT2D eigenvalue weighted by molar-refractivity contribution is 5.76. The number of aliphatic carboxylic acids is 1. The zero-order chi connectivity index (χ0) is 20.9. The Balaban J connectivity index is 3.20. The van der Waals surface area contributed by atoms with E-state index in [0.29, 0.717) is 0 Å². The first kappa shape index (κ1) is 22.8. The molecule has 12 heteroatoms. The maximum absolute atomic E-state index is 11.5. The maximum Gasteiger partial charge on any atom is 0.364 e. The Morgan fingerprint density at radius 3 is 2.22 bits per heavy atom. The van der Waals surface area contributed by atoms with E-state index in [2.05, 4.69) is 10.1 Å².